The number of nitrogens with zero attached hydrogens (tertiary/aromatic N) is 4. The van der Waals surface area contributed by atoms with Crippen molar-refractivity contribution in [1.29, 1.82) is 0 Å². The van der Waals surface area contributed by atoms with Crippen LogP contribution < -0.4 is 10.5 Å². The van der Waals surface area contributed by atoms with Gasteiger partial charge in [-0.3, -0.25) is 9.20 Å². The second-order valence-corrected chi connectivity index (χ2v) is 11.9. The highest BCUT2D eigenvalue weighted by molar-refractivity contribution is 7.92. The van der Waals surface area contributed by atoms with Crippen molar-refractivity contribution in [3.8, 4) is 17.6 Å². The first kappa shape index (κ1) is 23.6. The molecule has 1 aliphatic heterocycles. The lowest BCUT2D eigenvalue weighted by Crippen LogP contribution is -2.32. The van der Waals surface area contributed by atoms with Crippen molar-refractivity contribution in [3.05, 3.63) is 65.6 Å². The number of nitrogen functional groups attached to an aromatic ring is 1. The molecule has 1 amide bonds. The average molecular weight is 504 g/mol. The quantitative estimate of drug-likeness (QED) is 0.427. The van der Waals surface area contributed by atoms with Crippen LogP contribution in [0.25, 0.3) is 16.6 Å². The topological polar surface area (TPSA) is 120 Å². The van der Waals surface area contributed by atoms with Crippen LogP contribution in [0, 0.1) is 11.8 Å². The van der Waals surface area contributed by atoms with E-state index in [1.807, 2.05) is 16.5 Å². The number of carbonyl (C=O) groups is 1. The van der Waals surface area contributed by atoms with E-state index in [1.54, 1.807) is 62.6 Å². The molecular formula is C26H25N5O4S. The molecule has 2 aromatic carbocycles. The van der Waals surface area contributed by atoms with E-state index in [1.165, 1.54) is 6.26 Å². The number of hydrogen-bond acceptors (Lipinski definition) is 7. The largest absolute Gasteiger partial charge is 0.491 e. The summed E-state index contributed by atoms with van der Waals surface area (Å²) in [7, 11) is -1.59. The molecule has 10 heteroatoms. The second kappa shape index (κ2) is 8.24. The van der Waals surface area contributed by atoms with Crippen molar-refractivity contribution < 1.29 is 17.9 Å². The van der Waals surface area contributed by atoms with E-state index in [9.17, 15) is 13.2 Å². The minimum absolute atomic E-state index is 0.165. The van der Waals surface area contributed by atoms with Gasteiger partial charge in [0.1, 0.15) is 28.4 Å². The normalized spacial score (nSPS) is 15.3. The van der Waals surface area contributed by atoms with Crippen molar-refractivity contribution in [2.45, 2.75) is 24.6 Å². The Bertz CT molecular complexity index is 1710. The second-order valence-electron chi connectivity index (χ2n) is 9.38. The molecule has 3 heterocycles. The summed E-state index contributed by atoms with van der Waals surface area (Å²) in [4.78, 5) is 23.6. The van der Waals surface area contributed by atoms with Gasteiger partial charge < -0.3 is 15.4 Å². The molecule has 0 unspecified atom stereocenters. The summed E-state index contributed by atoms with van der Waals surface area (Å²) in [5.74, 6) is 6.60. The van der Waals surface area contributed by atoms with Crippen LogP contribution in [0.4, 0.5) is 5.82 Å². The molecule has 5 rings (SSSR count). The fourth-order valence-corrected chi connectivity index (χ4v) is 4.30. The summed E-state index contributed by atoms with van der Waals surface area (Å²) >= 11 is 0. The summed E-state index contributed by atoms with van der Waals surface area (Å²) in [6, 6.07) is 10.5. The van der Waals surface area contributed by atoms with Gasteiger partial charge in [-0.2, -0.15) is 0 Å². The zero-order valence-electron chi connectivity index (χ0n) is 20.3. The monoisotopic (exact) mass is 503 g/mol. The molecule has 184 valence electrons. The maximum atomic E-state index is 13.4. The highest BCUT2D eigenvalue weighted by Crippen LogP contribution is 2.37. The van der Waals surface area contributed by atoms with E-state index < -0.39 is 14.6 Å². The Morgan fingerprint density at radius 1 is 1.22 bits per heavy atom. The number of aromatic nitrogens is 3. The summed E-state index contributed by atoms with van der Waals surface area (Å²) in [6.07, 6.45) is 4.45. The smallest absolute Gasteiger partial charge is 0.254 e. The number of amides is 1. The molecule has 4 aromatic rings. The van der Waals surface area contributed by atoms with Gasteiger partial charge in [0.15, 0.2) is 9.84 Å². The van der Waals surface area contributed by atoms with Gasteiger partial charge in [-0.05, 0) is 44.2 Å². The van der Waals surface area contributed by atoms with Crippen molar-refractivity contribution in [1.82, 2.24) is 19.3 Å². The van der Waals surface area contributed by atoms with Crippen LogP contribution in [0.2, 0.25) is 0 Å². The van der Waals surface area contributed by atoms with E-state index in [2.05, 4.69) is 21.8 Å². The fraction of sp³-hybridized carbons (Fsp3) is 0.269. The summed E-state index contributed by atoms with van der Waals surface area (Å²) in [5.41, 5.74) is 10.1. The molecule has 1 atom stereocenters. The van der Waals surface area contributed by atoms with Crippen LogP contribution in [0.3, 0.4) is 0 Å². The Labute approximate surface area is 208 Å². The molecule has 0 bridgehead atoms. The first-order valence-electron chi connectivity index (χ1n) is 11.2. The van der Waals surface area contributed by atoms with Gasteiger partial charge in [0.25, 0.3) is 5.91 Å². The fourth-order valence-electron chi connectivity index (χ4n) is 4.06. The zero-order chi connectivity index (χ0) is 25.8. The van der Waals surface area contributed by atoms with E-state index in [4.69, 9.17) is 10.5 Å². The molecule has 36 heavy (non-hydrogen) atoms. The van der Waals surface area contributed by atoms with Crippen molar-refractivity contribution in [3.63, 3.8) is 0 Å². The van der Waals surface area contributed by atoms with E-state index in [-0.39, 0.29) is 11.9 Å². The predicted molar refractivity (Wildman–Crippen MR) is 137 cm³/mol. The van der Waals surface area contributed by atoms with Gasteiger partial charge in [0.2, 0.25) is 0 Å². The number of anilines is 1. The van der Waals surface area contributed by atoms with Crippen LogP contribution in [0.5, 0.6) is 5.75 Å². The lowest BCUT2D eigenvalue weighted by molar-refractivity contribution is 0.0708. The van der Waals surface area contributed by atoms with Gasteiger partial charge in [0.05, 0.1) is 29.6 Å². The standard InChI is InChI=1S/C26H25N5O4S/c1-26(2,36(4,33)34)10-9-16-5-7-18-22(14-35-23(18)11-16)30(3)25(32)17-6-8-19-20(12-17)31-15-28-13-21(31)24(27)29-19/h5-8,11-13,15,22H,14H2,1-4H3,(H2,27,29)/t22-/m1/s1. The molecule has 0 aliphatic carbocycles. The number of fused-ring (bicyclic) bond motifs is 4. The van der Waals surface area contributed by atoms with E-state index in [0.29, 0.717) is 40.3 Å². The molecule has 0 saturated carbocycles. The molecular weight excluding hydrogens is 478 g/mol. The SMILES string of the molecule is CN(C(=O)c1ccc2nc(N)c3cncn3c2c1)[C@@H]1COc2cc(C#CC(C)(C)S(C)(=O)=O)ccc21. The Hall–Kier alpha value is -4.10. The molecule has 1 aliphatic rings. The Kier molecular flexibility index (Phi) is 5.41. The molecule has 0 radical (unpaired) electrons. The first-order valence-corrected chi connectivity index (χ1v) is 13.1. The minimum atomic E-state index is -3.33. The Morgan fingerprint density at radius 2 is 2.00 bits per heavy atom. The van der Waals surface area contributed by atoms with Crippen LogP contribution in [-0.2, 0) is 9.84 Å². The number of imidazole rings is 1. The maximum absolute atomic E-state index is 13.4. The lowest BCUT2D eigenvalue weighted by Gasteiger charge is -2.24. The molecule has 0 saturated heterocycles. The van der Waals surface area contributed by atoms with Gasteiger partial charge in [-0.15, -0.1) is 0 Å². The number of carbonyl (C=O) groups excluding carboxylic acids is 1. The van der Waals surface area contributed by atoms with Gasteiger partial charge in [0, 0.05) is 30.0 Å². The maximum Gasteiger partial charge on any atom is 0.254 e. The molecule has 9 nitrogen and oxygen atoms in total. The first-order chi connectivity index (χ1) is 17.0. The number of nitrogens with two attached hydrogens (primary N) is 1. The number of ether oxygens (including phenoxy) is 1. The summed E-state index contributed by atoms with van der Waals surface area (Å²) < 4.78 is 30.4. The Balaban J connectivity index is 1.42. The third-order valence-electron chi connectivity index (χ3n) is 6.62. The van der Waals surface area contributed by atoms with Gasteiger partial charge in [-0.25, -0.2) is 18.4 Å². The van der Waals surface area contributed by atoms with Crippen LogP contribution >= 0.6 is 0 Å². The third kappa shape index (κ3) is 3.91. The van der Waals surface area contributed by atoms with Gasteiger partial charge >= 0.3 is 0 Å². The minimum Gasteiger partial charge on any atom is -0.491 e. The van der Waals surface area contributed by atoms with Crippen LogP contribution in [0.15, 0.2) is 48.9 Å². The number of sulfone groups is 1. The summed E-state index contributed by atoms with van der Waals surface area (Å²) in [6.45, 7) is 3.46. The van der Waals surface area contributed by atoms with Gasteiger partial charge in [-0.1, -0.05) is 17.9 Å². The molecule has 2 aromatic heterocycles. The van der Waals surface area contributed by atoms with Crippen molar-refractivity contribution >= 4 is 38.1 Å². The van der Waals surface area contributed by atoms with Crippen molar-refractivity contribution in [2.75, 3.05) is 25.6 Å². The zero-order valence-corrected chi connectivity index (χ0v) is 21.1. The lowest BCUT2D eigenvalue weighted by atomic mass is 10.0. The molecule has 0 spiro atoms. The highest BCUT2D eigenvalue weighted by atomic mass is 32.2. The van der Waals surface area contributed by atoms with Crippen LogP contribution in [0.1, 0.15) is 41.4 Å². The number of likely N-dealkylation sites (N-methyl/N-ethyl adjacent to an activating group) is 1. The molecule has 0 fully saturated rings. The van der Waals surface area contributed by atoms with E-state index in [0.717, 1.165) is 11.1 Å². The number of hydrogen-bond donors (Lipinski definition) is 1. The number of benzene rings is 2. The third-order valence-corrected chi connectivity index (χ3v) is 8.57. The van der Waals surface area contributed by atoms with E-state index >= 15 is 0 Å². The highest BCUT2D eigenvalue weighted by Gasteiger charge is 2.31. The number of rotatable bonds is 3. The predicted octanol–water partition coefficient (Wildman–Crippen LogP) is 2.85. The van der Waals surface area contributed by atoms with Crippen LogP contribution in [-0.4, -0.2) is 58.3 Å². The molecule has 2 N–H and O–H groups in total. The summed E-state index contributed by atoms with van der Waals surface area (Å²) in [5, 5.41) is 0. The Morgan fingerprint density at radius 3 is 2.75 bits per heavy atom. The average Bonchev–Trinajstić information content (AvgIpc) is 3.49. The van der Waals surface area contributed by atoms with Crippen molar-refractivity contribution in [2.24, 2.45) is 0 Å².